The van der Waals surface area contributed by atoms with Crippen molar-refractivity contribution in [2.24, 2.45) is 0 Å². The van der Waals surface area contributed by atoms with Crippen molar-refractivity contribution in [2.45, 2.75) is 155 Å². The number of carbonyl (C=O) groups is 3. The van der Waals surface area contributed by atoms with Crippen LogP contribution in [0.1, 0.15) is 142 Å². The Hall–Kier alpha value is -3.53. The molecule has 0 heterocycles. The van der Waals surface area contributed by atoms with E-state index >= 15 is 0 Å². The van der Waals surface area contributed by atoms with Gasteiger partial charge in [0.1, 0.15) is 13.2 Å². The highest BCUT2D eigenvalue weighted by Gasteiger charge is 2.21. The topological polar surface area (TPSA) is 111 Å². The summed E-state index contributed by atoms with van der Waals surface area (Å²) in [6, 6.07) is 0. The lowest BCUT2D eigenvalue weighted by atomic mass is 10.1. The molecule has 0 bridgehead atoms. The van der Waals surface area contributed by atoms with Gasteiger partial charge in [0.15, 0.2) is 12.4 Å². The molecule has 0 aromatic heterocycles. The molecule has 57 heavy (non-hydrogen) atoms. The number of carboxylic acid groups (broad SMARTS) is 1. The highest BCUT2D eigenvalue weighted by atomic mass is 16.7. The number of hydrogen-bond acceptors (Lipinski definition) is 8. The molecule has 2 atom stereocenters. The molecule has 0 N–H and O–H groups in total. The van der Waals surface area contributed by atoms with Crippen LogP contribution in [0.4, 0.5) is 0 Å². The van der Waals surface area contributed by atoms with Gasteiger partial charge in [-0.1, -0.05) is 144 Å². The van der Waals surface area contributed by atoms with E-state index in [0.717, 1.165) is 89.9 Å². The zero-order valence-electron chi connectivity index (χ0n) is 36.4. The lowest BCUT2D eigenvalue weighted by Gasteiger charge is -2.26. The second-order valence-corrected chi connectivity index (χ2v) is 15.3. The third-order valence-electron chi connectivity index (χ3n) is 8.66. The number of likely N-dealkylation sites (N-methyl/N-ethyl adjacent to an activating group) is 1. The van der Waals surface area contributed by atoms with Crippen LogP contribution in [0.5, 0.6) is 0 Å². The quantitative estimate of drug-likeness (QED) is 0.0200. The first-order chi connectivity index (χ1) is 27.6. The van der Waals surface area contributed by atoms with Crippen LogP contribution in [-0.2, 0) is 33.3 Å². The Balaban J connectivity index is 4.41. The molecule has 324 valence electrons. The maximum atomic E-state index is 12.7. The average molecular weight is 798 g/mol. The van der Waals surface area contributed by atoms with Crippen LogP contribution in [0.3, 0.4) is 0 Å². The number of nitrogens with zero attached hydrogens (tertiary/aromatic N) is 1. The Morgan fingerprint density at radius 2 is 1.00 bits per heavy atom. The number of esters is 2. The van der Waals surface area contributed by atoms with E-state index in [-0.39, 0.29) is 38.6 Å². The molecular weight excluding hydrogens is 719 g/mol. The van der Waals surface area contributed by atoms with Crippen LogP contribution >= 0.6 is 0 Å². The second kappa shape index (κ2) is 39.3. The van der Waals surface area contributed by atoms with Crippen LogP contribution in [-0.4, -0.2) is 82.3 Å². The Labute approximate surface area is 347 Å². The standard InChI is InChI=1S/C48H79NO8/c1-6-8-10-12-14-15-16-17-18-19-20-21-22-23-24-25-26-27-28-29-30-31-33-35-37-39-46(51)57-44(42-55-45(50)38-36-34-32-13-11-9-7-2)43-56-48(47(52)53)54-41-40-49(3,4)5/h8,10,14-15,17-18,20-21,23-24,26-27,29-30,44,48H,6-7,9,11-13,16,19,22,25,28,31-43H2,1-5H3/b10-8-,15-14-,18-17-,21-20-,24-23-,27-26-,30-29-. The minimum Gasteiger partial charge on any atom is -0.545 e. The van der Waals surface area contributed by atoms with Crippen molar-refractivity contribution in [1.82, 2.24) is 0 Å². The van der Waals surface area contributed by atoms with Gasteiger partial charge in [-0.2, -0.15) is 0 Å². The van der Waals surface area contributed by atoms with E-state index in [2.05, 4.69) is 98.9 Å². The summed E-state index contributed by atoms with van der Waals surface area (Å²) in [5, 5.41) is 11.6. The minimum absolute atomic E-state index is 0.137. The number of aliphatic carboxylic acids is 1. The third kappa shape index (κ3) is 40.5. The van der Waals surface area contributed by atoms with Crippen molar-refractivity contribution in [3.05, 3.63) is 85.1 Å². The Kier molecular flexibility index (Phi) is 36.9. The van der Waals surface area contributed by atoms with Crippen LogP contribution in [0.2, 0.25) is 0 Å². The Morgan fingerprint density at radius 3 is 1.49 bits per heavy atom. The van der Waals surface area contributed by atoms with Gasteiger partial charge in [0, 0.05) is 12.8 Å². The zero-order valence-corrected chi connectivity index (χ0v) is 36.4. The summed E-state index contributed by atoms with van der Waals surface area (Å²) in [5.41, 5.74) is 0. The fourth-order valence-electron chi connectivity index (χ4n) is 5.28. The van der Waals surface area contributed by atoms with E-state index in [1.54, 1.807) is 0 Å². The maximum absolute atomic E-state index is 12.7. The average Bonchev–Trinajstić information content (AvgIpc) is 3.17. The van der Waals surface area contributed by atoms with Crippen molar-refractivity contribution in [1.29, 1.82) is 0 Å². The summed E-state index contributed by atoms with van der Waals surface area (Å²) < 4.78 is 22.4. The molecule has 0 rings (SSSR count). The van der Waals surface area contributed by atoms with Crippen molar-refractivity contribution in [3.8, 4) is 0 Å². The molecule has 0 saturated heterocycles. The molecule has 0 aromatic carbocycles. The number of carboxylic acids is 1. The molecule has 2 unspecified atom stereocenters. The molecule has 0 aliphatic rings. The predicted molar refractivity (Wildman–Crippen MR) is 232 cm³/mol. The minimum atomic E-state index is -1.63. The van der Waals surface area contributed by atoms with Gasteiger partial charge in [-0.25, -0.2) is 0 Å². The van der Waals surface area contributed by atoms with Crippen molar-refractivity contribution < 1.29 is 42.9 Å². The number of rotatable bonds is 38. The number of carbonyl (C=O) groups excluding carboxylic acids is 3. The maximum Gasteiger partial charge on any atom is 0.306 e. The van der Waals surface area contributed by atoms with Crippen LogP contribution in [0, 0.1) is 0 Å². The Bertz CT molecular complexity index is 1210. The molecule has 0 spiro atoms. The van der Waals surface area contributed by atoms with Gasteiger partial charge in [0.05, 0.1) is 40.3 Å². The molecule has 9 nitrogen and oxygen atoms in total. The van der Waals surface area contributed by atoms with Crippen LogP contribution < -0.4 is 5.11 Å². The summed E-state index contributed by atoms with van der Waals surface area (Å²) in [7, 11) is 5.88. The molecule has 0 aliphatic heterocycles. The molecular formula is C48H79NO8. The van der Waals surface area contributed by atoms with E-state index < -0.39 is 24.3 Å². The van der Waals surface area contributed by atoms with Crippen molar-refractivity contribution in [3.63, 3.8) is 0 Å². The number of hydrogen-bond donors (Lipinski definition) is 0. The van der Waals surface area contributed by atoms with Gasteiger partial charge in [0.2, 0.25) is 0 Å². The van der Waals surface area contributed by atoms with Crippen molar-refractivity contribution in [2.75, 3.05) is 47.5 Å². The van der Waals surface area contributed by atoms with Gasteiger partial charge in [-0.15, -0.1) is 0 Å². The van der Waals surface area contributed by atoms with Crippen molar-refractivity contribution >= 4 is 17.9 Å². The largest absolute Gasteiger partial charge is 0.545 e. The molecule has 0 fully saturated rings. The van der Waals surface area contributed by atoms with E-state index in [4.69, 9.17) is 18.9 Å². The molecule has 0 saturated carbocycles. The van der Waals surface area contributed by atoms with Gasteiger partial charge >= 0.3 is 11.9 Å². The first kappa shape index (κ1) is 53.5. The second-order valence-electron chi connectivity index (χ2n) is 15.3. The van der Waals surface area contributed by atoms with E-state index in [1.165, 1.54) is 19.3 Å². The first-order valence-corrected chi connectivity index (χ1v) is 21.7. The summed E-state index contributed by atoms with van der Waals surface area (Å²) in [6.07, 6.45) is 46.4. The fourth-order valence-corrected chi connectivity index (χ4v) is 5.28. The van der Waals surface area contributed by atoms with Gasteiger partial charge in [-0.3, -0.25) is 9.59 Å². The van der Waals surface area contributed by atoms with E-state index in [0.29, 0.717) is 17.4 Å². The predicted octanol–water partition coefficient (Wildman–Crippen LogP) is 9.99. The summed E-state index contributed by atoms with van der Waals surface area (Å²) in [5.74, 6) is -2.35. The lowest BCUT2D eigenvalue weighted by Crippen LogP contribution is -2.44. The summed E-state index contributed by atoms with van der Waals surface area (Å²) in [4.78, 5) is 36.7. The molecule has 9 heteroatoms. The number of unbranched alkanes of at least 4 members (excludes halogenated alkanes) is 9. The van der Waals surface area contributed by atoms with Crippen LogP contribution in [0.15, 0.2) is 85.1 Å². The highest BCUT2D eigenvalue weighted by molar-refractivity contribution is 5.70. The molecule has 0 radical (unpaired) electrons. The van der Waals surface area contributed by atoms with E-state index in [9.17, 15) is 19.5 Å². The van der Waals surface area contributed by atoms with Gasteiger partial charge in [-0.05, 0) is 70.6 Å². The smallest absolute Gasteiger partial charge is 0.306 e. The fraction of sp³-hybridized carbons (Fsp3) is 0.646. The molecule has 0 amide bonds. The third-order valence-corrected chi connectivity index (χ3v) is 8.66. The SMILES string of the molecule is CC/C=C\C/C=C\C/C=C\C/C=C\C/C=C\C/C=C\C/C=C\CCCCCC(=O)OC(COC(=O)CCCCCCCCC)COC(OCC[N+](C)(C)C)C(=O)[O-]. The first-order valence-electron chi connectivity index (χ1n) is 21.7. The highest BCUT2D eigenvalue weighted by Crippen LogP contribution is 2.11. The Morgan fingerprint density at radius 1 is 0.544 bits per heavy atom. The summed E-state index contributed by atoms with van der Waals surface area (Å²) >= 11 is 0. The van der Waals surface area contributed by atoms with Gasteiger partial charge in [0.25, 0.3) is 0 Å². The number of ether oxygens (including phenoxy) is 4. The van der Waals surface area contributed by atoms with E-state index in [1.807, 2.05) is 21.1 Å². The van der Waals surface area contributed by atoms with Crippen LogP contribution in [0.25, 0.3) is 0 Å². The number of allylic oxidation sites excluding steroid dienone is 14. The zero-order chi connectivity index (χ0) is 42.1. The molecule has 0 aliphatic carbocycles. The number of quaternary nitrogens is 1. The normalized spacial score (nSPS) is 13.8. The summed E-state index contributed by atoms with van der Waals surface area (Å²) in [6.45, 7) is 4.50. The molecule has 0 aromatic rings. The van der Waals surface area contributed by atoms with Gasteiger partial charge < -0.3 is 33.3 Å². The lowest BCUT2D eigenvalue weighted by molar-refractivity contribution is -0.870. The monoisotopic (exact) mass is 798 g/mol.